The summed E-state index contributed by atoms with van der Waals surface area (Å²) in [5.74, 6) is -1.54. The van der Waals surface area contributed by atoms with E-state index in [0.717, 1.165) is 6.26 Å². The Morgan fingerprint density at radius 2 is 2.05 bits per heavy atom. The predicted octanol–water partition coefficient (Wildman–Crippen LogP) is 2.58. The van der Waals surface area contributed by atoms with Crippen LogP contribution < -0.4 is 0 Å². The summed E-state index contributed by atoms with van der Waals surface area (Å²) in [6.07, 6.45) is -1.06. The number of oxazole rings is 1. The Hall–Kier alpha value is -2.72. The molecule has 3 heterocycles. The van der Waals surface area contributed by atoms with E-state index in [4.69, 9.17) is 4.52 Å². The molecule has 11 heteroatoms. The SMILES string of the molecule is FCCn1cc(-c2noc(-c3coc(C(F)(F)F)n3)n2)cn1. The monoisotopic (exact) mass is 317 g/mol. The maximum Gasteiger partial charge on any atom is 0.468 e. The van der Waals surface area contributed by atoms with E-state index in [1.54, 1.807) is 0 Å². The maximum atomic E-state index is 12.4. The third-order valence-corrected chi connectivity index (χ3v) is 2.60. The Bertz CT molecular complexity index is 775. The topological polar surface area (TPSA) is 82.8 Å². The van der Waals surface area contributed by atoms with Crippen LogP contribution in [0.4, 0.5) is 17.6 Å². The van der Waals surface area contributed by atoms with E-state index >= 15 is 0 Å². The molecule has 0 aromatic carbocycles. The van der Waals surface area contributed by atoms with Crippen LogP contribution in [-0.2, 0) is 12.7 Å². The number of aryl methyl sites for hydroxylation is 1. The van der Waals surface area contributed by atoms with Crippen molar-refractivity contribution in [2.75, 3.05) is 6.67 Å². The molecule has 0 saturated heterocycles. The fourth-order valence-electron chi connectivity index (χ4n) is 1.63. The van der Waals surface area contributed by atoms with E-state index in [2.05, 4.69) is 24.6 Å². The molecule has 0 aliphatic carbocycles. The lowest BCUT2D eigenvalue weighted by molar-refractivity contribution is -0.157. The number of rotatable bonds is 4. The molecule has 3 rings (SSSR count). The average Bonchev–Trinajstić information content (AvgIpc) is 3.18. The highest BCUT2D eigenvalue weighted by Crippen LogP contribution is 2.30. The van der Waals surface area contributed by atoms with Crippen LogP contribution in [0.2, 0.25) is 0 Å². The van der Waals surface area contributed by atoms with Crippen LogP contribution >= 0.6 is 0 Å². The first-order valence-electron chi connectivity index (χ1n) is 5.93. The molecule has 0 fully saturated rings. The highest BCUT2D eigenvalue weighted by atomic mass is 19.4. The van der Waals surface area contributed by atoms with Gasteiger partial charge in [0.1, 0.15) is 12.9 Å². The van der Waals surface area contributed by atoms with Crippen molar-refractivity contribution >= 4 is 0 Å². The van der Waals surface area contributed by atoms with E-state index in [1.807, 2.05) is 0 Å². The Morgan fingerprint density at radius 1 is 1.23 bits per heavy atom. The molecule has 116 valence electrons. The van der Waals surface area contributed by atoms with Crippen molar-refractivity contribution in [2.24, 2.45) is 0 Å². The molecule has 0 saturated carbocycles. The zero-order chi connectivity index (χ0) is 15.7. The first kappa shape index (κ1) is 14.2. The van der Waals surface area contributed by atoms with E-state index in [9.17, 15) is 17.6 Å². The second-order valence-corrected chi connectivity index (χ2v) is 4.14. The third-order valence-electron chi connectivity index (χ3n) is 2.60. The summed E-state index contributed by atoms with van der Waals surface area (Å²) < 4.78 is 59.9. The van der Waals surface area contributed by atoms with Crippen LogP contribution in [0.25, 0.3) is 23.0 Å². The van der Waals surface area contributed by atoms with Gasteiger partial charge in [0.05, 0.1) is 18.3 Å². The molecule has 0 radical (unpaired) electrons. The molecule has 0 aliphatic rings. The van der Waals surface area contributed by atoms with Gasteiger partial charge in [-0.2, -0.15) is 23.3 Å². The first-order chi connectivity index (χ1) is 10.5. The molecule has 0 unspecified atom stereocenters. The van der Waals surface area contributed by atoms with Gasteiger partial charge in [-0.25, -0.2) is 9.37 Å². The van der Waals surface area contributed by atoms with Crippen LogP contribution in [0, 0.1) is 0 Å². The van der Waals surface area contributed by atoms with Crippen molar-refractivity contribution in [3.8, 4) is 23.0 Å². The van der Waals surface area contributed by atoms with Crippen molar-refractivity contribution in [3.63, 3.8) is 0 Å². The largest absolute Gasteiger partial charge is 0.468 e. The molecule has 0 amide bonds. The first-order valence-corrected chi connectivity index (χ1v) is 5.93. The van der Waals surface area contributed by atoms with Crippen molar-refractivity contribution in [1.29, 1.82) is 0 Å². The van der Waals surface area contributed by atoms with Crippen LogP contribution in [0.1, 0.15) is 5.89 Å². The van der Waals surface area contributed by atoms with Crippen LogP contribution in [0.5, 0.6) is 0 Å². The minimum atomic E-state index is -4.70. The summed E-state index contributed by atoms with van der Waals surface area (Å²) in [6.45, 7) is -0.513. The maximum absolute atomic E-state index is 12.4. The average molecular weight is 317 g/mol. The van der Waals surface area contributed by atoms with E-state index < -0.39 is 18.7 Å². The number of nitrogens with zero attached hydrogens (tertiary/aromatic N) is 5. The molecule has 0 atom stereocenters. The van der Waals surface area contributed by atoms with Crippen LogP contribution in [0.15, 0.2) is 27.6 Å². The summed E-state index contributed by atoms with van der Waals surface area (Å²) in [5.41, 5.74) is 0.199. The summed E-state index contributed by atoms with van der Waals surface area (Å²) in [6, 6.07) is 0. The lowest BCUT2D eigenvalue weighted by Crippen LogP contribution is -2.04. The summed E-state index contributed by atoms with van der Waals surface area (Å²) >= 11 is 0. The van der Waals surface area contributed by atoms with Gasteiger partial charge in [0, 0.05) is 6.20 Å². The van der Waals surface area contributed by atoms with Gasteiger partial charge in [0.25, 0.3) is 5.89 Å². The third kappa shape index (κ3) is 2.69. The number of aromatic nitrogens is 5. The number of hydrogen-bond donors (Lipinski definition) is 0. The Balaban J connectivity index is 1.85. The normalized spacial score (nSPS) is 12.0. The van der Waals surface area contributed by atoms with Crippen molar-refractivity contribution in [3.05, 3.63) is 24.5 Å². The van der Waals surface area contributed by atoms with Gasteiger partial charge >= 0.3 is 12.1 Å². The molecular weight excluding hydrogens is 310 g/mol. The molecule has 0 aliphatic heterocycles. The standard InChI is InChI=1S/C11H7F4N5O2/c12-1-2-20-4-6(3-16-20)8-18-9(22-19-8)7-5-21-10(17-7)11(13,14)15/h3-5H,1-2H2. The Morgan fingerprint density at radius 3 is 2.73 bits per heavy atom. The Labute approximate surface area is 119 Å². The van der Waals surface area contributed by atoms with Gasteiger partial charge < -0.3 is 8.94 Å². The molecule has 0 N–H and O–H groups in total. The van der Waals surface area contributed by atoms with Gasteiger partial charge in [0.2, 0.25) is 5.82 Å². The highest BCUT2D eigenvalue weighted by Gasteiger charge is 2.37. The minimum absolute atomic E-state index is 0.0724. The number of hydrogen-bond acceptors (Lipinski definition) is 6. The molecule has 7 nitrogen and oxygen atoms in total. The summed E-state index contributed by atoms with van der Waals surface area (Å²) in [4.78, 5) is 7.14. The van der Waals surface area contributed by atoms with Crippen molar-refractivity contribution < 1.29 is 26.5 Å². The summed E-state index contributed by atoms with van der Waals surface area (Å²) in [7, 11) is 0. The van der Waals surface area contributed by atoms with Crippen molar-refractivity contribution in [2.45, 2.75) is 12.7 Å². The zero-order valence-corrected chi connectivity index (χ0v) is 10.7. The molecule has 0 bridgehead atoms. The smallest absolute Gasteiger partial charge is 0.441 e. The zero-order valence-electron chi connectivity index (χ0n) is 10.7. The van der Waals surface area contributed by atoms with Crippen LogP contribution in [0.3, 0.4) is 0 Å². The second kappa shape index (κ2) is 5.24. The fourth-order valence-corrected chi connectivity index (χ4v) is 1.63. The second-order valence-electron chi connectivity index (χ2n) is 4.14. The molecule has 0 spiro atoms. The Kier molecular flexibility index (Phi) is 3.39. The van der Waals surface area contributed by atoms with E-state index in [0.29, 0.717) is 5.56 Å². The van der Waals surface area contributed by atoms with Gasteiger partial charge in [0.15, 0.2) is 5.69 Å². The molecule has 22 heavy (non-hydrogen) atoms. The quantitative estimate of drug-likeness (QED) is 0.688. The molecule has 3 aromatic rings. The van der Waals surface area contributed by atoms with Gasteiger partial charge in [-0.15, -0.1) is 0 Å². The van der Waals surface area contributed by atoms with E-state index in [-0.39, 0.29) is 24.0 Å². The van der Waals surface area contributed by atoms with Gasteiger partial charge in [-0.05, 0) is 0 Å². The van der Waals surface area contributed by atoms with Crippen molar-refractivity contribution in [1.82, 2.24) is 24.9 Å². The van der Waals surface area contributed by atoms with E-state index in [1.165, 1.54) is 17.1 Å². The number of alkyl halides is 4. The molecule has 3 aromatic heterocycles. The number of halogens is 4. The minimum Gasteiger partial charge on any atom is -0.441 e. The highest BCUT2D eigenvalue weighted by molar-refractivity contribution is 5.55. The predicted molar refractivity (Wildman–Crippen MR) is 62.0 cm³/mol. The van der Waals surface area contributed by atoms with Gasteiger partial charge in [-0.3, -0.25) is 4.68 Å². The lowest BCUT2D eigenvalue weighted by Gasteiger charge is -1.97. The lowest BCUT2D eigenvalue weighted by atomic mass is 10.3. The molecular formula is C11H7F4N5O2. The fraction of sp³-hybridized carbons (Fsp3) is 0.273. The van der Waals surface area contributed by atoms with Gasteiger partial charge in [-0.1, -0.05) is 5.16 Å². The summed E-state index contributed by atoms with van der Waals surface area (Å²) in [5, 5.41) is 7.48. The van der Waals surface area contributed by atoms with Crippen LogP contribution in [-0.4, -0.2) is 31.6 Å².